The van der Waals surface area contributed by atoms with Crippen molar-refractivity contribution in [1.82, 2.24) is 0 Å². The molecule has 104 valence electrons. The highest BCUT2D eigenvalue weighted by atomic mass is 16.6. The van der Waals surface area contributed by atoms with Crippen molar-refractivity contribution < 1.29 is 4.92 Å². The summed E-state index contributed by atoms with van der Waals surface area (Å²) in [6.45, 7) is 3.67. The first kappa shape index (κ1) is 14.5. The first-order valence-corrected chi connectivity index (χ1v) is 6.45. The number of hydrogen-bond acceptors (Lipinski definition) is 3. The van der Waals surface area contributed by atoms with E-state index in [4.69, 9.17) is 0 Å². The van der Waals surface area contributed by atoms with E-state index in [0.717, 1.165) is 11.1 Å². The summed E-state index contributed by atoms with van der Waals surface area (Å²) in [5.41, 5.74) is 3.70. The summed E-state index contributed by atoms with van der Waals surface area (Å²) in [5.74, 6) is 0. The first-order valence-electron chi connectivity index (χ1n) is 6.45. The van der Waals surface area contributed by atoms with Crippen LogP contribution in [0.15, 0.2) is 42.5 Å². The third-order valence-corrected chi connectivity index (χ3v) is 3.22. The fourth-order valence-corrected chi connectivity index (χ4v) is 1.99. The normalized spacial score (nSPS) is 11.0. The van der Waals surface area contributed by atoms with Gasteiger partial charge in [0, 0.05) is 11.6 Å². The Morgan fingerprint density at radius 1 is 1.19 bits per heavy atom. The van der Waals surface area contributed by atoms with Crippen LogP contribution in [-0.4, -0.2) is 4.92 Å². The Hall–Kier alpha value is -2.93. The van der Waals surface area contributed by atoms with Gasteiger partial charge in [0.25, 0.3) is 5.69 Å². The molecule has 0 amide bonds. The molecule has 0 aliphatic rings. The number of benzene rings is 2. The molecule has 4 nitrogen and oxygen atoms in total. The van der Waals surface area contributed by atoms with Gasteiger partial charge in [-0.25, -0.2) is 0 Å². The zero-order valence-corrected chi connectivity index (χ0v) is 11.8. The summed E-state index contributed by atoms with van der Waals surface area (Å²) in [4.78, 5) is 10.5. The minimum Gasteiger partial charge on any atom is -0.258 e. The molecule has 2 aromatic rings. The largest absolute Gasteiger partial charge is 0.272 e. The number of nitro benzene ring substituents is 1. The molecule has 21 heavy (non-hydrogen) atoms. The van der Waals surface area contributed by atoms with Crippen LogP contribution in [0.4, 0.5) is 5.69 Å². The third-order valence-electron chi connectivity index (χ3n) is 3.22. The monoisotopic (exact) mass is 278 g/mol. The Balaban J connectivity index is 2.46. The predicted octanol–water partition coefficient (Wildman–Crippen LogP) is 4.28. The first-order chi connectivity index (χ1) is 10.0. The van der Waals surface area contributed by atoms with Crippen LogP contribution in [0.5, 0.6) is 0 Å². The van der Waals surface area contributed by atoms with E-state index in [0.29, 0.717) is 16.7 Å². The average molecular weight is 278 g/mol. The van der Waals surface area contributed by atoms with Crippen LogP contribution in [0.3, 0.4) is 0 Å². The van der Waals surface area contributed by atoms with Crippen molar-refractivity contribution in [2.24, 2.45) is 0 Å². The van der Waals surface area contributed by atoms with Crippen molar-refractivity contribution >= 4 is 17.3 Å². The molecule has 0 radical (unpaired) electrons. The number of hydrogen-bond donors (Lipinski definition) is 0. The topological polar surface area (TPSA) is 66.9 Å². The minimum atomic E-state index is -0.412. The summed E-state index contributed by atoms with van der Waals surface area (Å²) in [6, 6.07) is 14.7. The van der Waals surface area contributed by atoms with Crippen molar-refractivity contribution in [3.63, 3.8) is 0 Å². The summed E-state index contributed by atoms with van der Waals surface area (Å²) in [6.07, 6.45) is 1.66. The van der Waals surface area contributed by atoms with Crippen molar-refractivity contribution in [2.75, 3.05) is 0 Å². The lowest BCUT2D eigenvalue weighted by molar-refractivity contribution is -0.385. The van der Waals surface area contributed by atoms with Gasteiger partial charge in [0.2, 0.25) is 0 Å². The number of nitriles is 1. The van der Waals surface area contributed by atoms with E-state index >= 15 is 0 Å². The summed E-state index contributed by atoms with van der Waals surface area (Å²) < 4.78 is 0. The van der Waals surface area contributed by atoms with Crippen LogP contribution in [0.1, 0.15) is 22.3 Å². The second-order valence-corrected chi connectivity index (χ2v) is 4.84. The maximum absolute atomic E-state index is 11.0. The molecule has 0 bridgehead atoms. The molecule has 0 aromatic heterocycles. The van der Waals surface area contributed by atoms with Gasteiger partial charge in [-0.15, -0.1) is 0 Å². The van der Waals surface area contributed by atoms with Crippen LogP contribution in [0.25, 0.3) is 11.6 Å². The van der Waals surface area contributed by atoms with Crippen LogP contribution >= 0.6 is 0 Å². The lowest BCUT2D eigenvalue weighted by atomic mass is 10.0. The van der Waals surface area contributed by atoms with E-state index in [2.05, 4.69) is 6.07 Å². The lowest BCUT2D eigenvalue weighted by Crippen LogP contribution is -1.92. The smallest absolute Gasteiger partial charge is 0.258 e. The number of nitrogens with zero attached hydrogens (tertiary/aromatic N) is 2. The number of aryl methyl sites for hydroxylation is 2. The van der Waals surface area contributed by atoms with E-state index in [1.807, 2.05) is 31.2 Å². The molecule has 0 atom stereocenters. The van der Waals surface area contributed by atoms with Crippen LogP contribution < -0.4 is 0 Å². The van der Waals surface area contributed by atoms with Crippen LogP contribution in [0.2, 0.25) is 0 Å². The van der Waals surface area contributed by atoms with Gasteiger partial charge in [-0.1, -0.05) is 42.0 Å². The third kappa shape index (κ3) is 3.34. The Labute approximate surface area is 123 Å². The highest BCUT2D eigenvalue weighted by Crippen LogP contribution is 2.23. The van der Waals surface area contributed by atoms with E-state index in [9.17, 15) is 15.4 Å². The van der Waals surface area contributed by atoms with E-state index in [1.165, 1.54) is 6.07 Å². The zero-order chi connectivity index (χ0) is 15.4. The Morgan fingerprint density at radius 2 is 1.86 bits per heavy atom. The van der Waals surface area contributed by atoms with Gasteiger partial charge >= 0.3 is 0 Å². The van der Waals surface area contributed by atoms with Gasteiger partial charge in [0.15, 0.2) is 0 Å². The summed E-state index contributed by atoms with van der Waals surface area (Å²) >= 11 is 0. The zero-order valence-electron chi connectivity index (χ0n) is 11.8. The van der Waals surface area contributed by atoms with Crippen molar-refractivity contribution in [3.8, 4) is 6.07 Å². The molecule has 0 fully saturated rings. The standard InChI is InChI=1S/C17H14N2O2/c1-12-3-7-15(8-4-12)16(11-18)9-14-6-5-13(2)17(10-14)19(20)21/h3-10H,1-2H3/b16-9-. The predicted molar refractivity (Wildman–Crippen MR) is 82.5 cm³/mol. The molecule has 0 spiro atoms. The lowest BCUT2D eigenvalue weighted by Gasteiger charge is -2.02. The molecule has 0 aliphatic heterocycles. The van der Waals surface area contributed by atoms with E-state index in [1.54, 1.807) is 25.1 Å². The molecular weight excluding hydrogens is 264 g/mol. The van der Waals surface area contributed by atoms with Gasteiger partial charge < -0.3 is 0 Å². The van der Waals surface area contributed by atoms with Crippen LogP contribution in [-0.2, 0) is 0 Å². The molecule has 0 heterocycles. The molecule has 0 saturated carbocycles. The SMILES string of the molecule is Cc1ccc(/C(C#N)=C\c2ccc(C)c([N+](=O)[O-])c2)cc1. The van der Waals surface area contributed by atoms with Crippen LogP contribution in [0, 0.1) is 35.3 Å². The molecular formula is C17H14N2O2. The Kier molecular flexibility index (Phi) is 4.15. The Bertz CT molecular complexity index is 753. The molecule has 2 aromatic carbocycles. The molecule has 2 rings (SSSR count). The number of allylic oxidation sites excluding steroid dienone is 1. The van der Waals surface area contributed by atoms with Gasteiger partial charge in [0.05, 0.1) is 16.6 Å². The molecule has 0 unspecified atom stereocenters. The number of rotatable bonds is 3. The van der Waals surface area contributed by atoms with Gasteiger partial charge in [-0.05, 0) is 31.1 Å². The molecule has 0 N–H and O–H groups in total. The minimum absolute atomic E-state index is 0.0601. The molecule has 0 aliphatic carbocycles. The second kappa shape index (κ2) is 6.02. The molecule has 4 heteroatoms. The quantitative estimate of drug-likeness (QED) is 0.364. The second-order valence-electron chi connectivity index (χ2n) is 4.84. The molecule has 0 saturated heterocycles. The van der Waals surface area contributed by atoms with Gasteiger partial charge in [-0.2, -0.15) is 5.26 Å². The summed E-state index contributed by atoms with van der Waals surface area (Å²) in [5, 5.41) is 20.2. The fourth-order valence-electron chi connectivity index (χ4n) is 1.99. The fraction of sp³-hybridized carbons (Fsp3) is 0.118. The van der Waals surface area contributed by atoms with Crippen molar-refractivity contribution in [2.45, 2.75) is 13.8 Å². The van der Waals surface area contributed by atoms with Gasteiger partial charge in [0.1, 0.15) is 0 Å². The maximum Gasteiger partial charge on any atom is 0.272 e. The highest BCUT2D eigenvalue weighted by Gasteiger charge is 2.10. The Morgan fingerprint density at radius 3 is 2.43 bits per heavy atom. The number of nitro groups is 1. The maximum atomic E-state index is 11.0. The van der Waals surface area contributed by atoms with E-state index in [-0.39, 0.29) is 5.69 Å². The average Bonchev–Trinajstić information content (AvgIpc) is 2.47. The van der Waals surface area contributed by atoms with Crippen molar-refractivity contribution in [1.29, 1.82) is 5.26 Å². The van der Waals surface area contributed by atoms with E-state index < -0.39 is 4.92 Å². The highest BCUT2D eigenvalue weighted by molar-refractivity contribution is 5.89. The summed E-state index contributed by atoms with van der Waals surface area (Å²) in [7, 11) is 0. The van der Waals surface area contributed by atoms with Gasteiger partial charge in [-0.3, -0.25) is 10.1 Å². The van der Waals surface area contributed by atoms with Crippen molar-refractivity contribution in [3.05, 3.63) is 74.8 Å².